The van der Waals surface area contributed by atoms with Gasteiger partial charge in [0.25, 0.3) is 0 Å². The molecule has 2 nitrogen and oxygen atoms in total. The van der Waals surface area contributed by atoms with Crippen LogP contribution in [0.15, 0.2) is 0 Å². The number of hydrogen-bond acceptors (Lipinski definition) is 2. The zero-order valence-electron chi connectivity index (χ0n) is 11.0. The number of hydrogen-bond donors (Lipinski definition) is 2. The van der Waals surface area contributed by atoms with Crippen molar-refractivity contribution in [2.24, 2.45) is 17.3 Å². The maximum absolute atomic E-state index is 9.43. The third-order valence-electron chi connectivity index (χ3n) is 4.13. The summed E-state index contributed by atoms with van der Waals surface area (Å²) in [4.78, 5) is 0. The van der Waals surface area contributed by atoms with E-state index in [1.165, 1.54) is 6.42 Å². The van der Waals surface area contributed by atoms with Crippen LogP contribution in [-0.2, 0) is 0 Å². The zero-order chi connectivity index (χ0) is 12.1. The summed E-state index contributed by atoms with van der Waals surface area (Å²) < 4.78 is 0. The maximum Gasteiger partial charge on any atom is 0.156 e. The molecule has 0 aliphatic rings. The lowest BCUT2D eigenvalue weighted by atomic mass is 9.73. The summed E-state index contributed by atoms with van der Waals surface area (Å²) in [7, 11) is 0. The van der Waals surface area contributed by atoms with Gasteiger partial charge in [-0.15, -0.1) is 0 Å². The summed E-state index contributed by atoms with van der Waals surface area (Å²) in [6.07, 6.45) is 2.82. The monoisotopic (exact) mass is 216 g/mol. The Hall–Kier alpha value is -0.0800. The average molecular weight is 216 g/mol. The number of aliphatic hydroxyl groups excluding tert-OH is 1. The van der Waals surface area contributed by atoms with E-state index in [2.05, 4.69) is 20.8 Å². The molecule has 0 saturated heterocycles. The Labute approximate surface area is 94.7 Å². The summed E-state index contributed by atoms with van der Waals surface area (Å²) in [5, 5.41) is 18.9. The van der Waals surface area contributed by atoms with E-state index in [1.807, 2.05) is 13.8 Å². The summed E-state index contributed by atoms with van der Waals surface area (Å²) >= 11 is 0. The lowest BCUT2D eigenvalue weighted by Gasteiger charge is -2.35. The summed E-state index contributed by atoms with van der Waals surface area (Å²) in [5.41, 5.74) is -0.343. The fourth-order valence-corrected chi connectivity index (χ4v) is 2.11. The van der Waals surface area contributed by atoms with Crippen LogP contribution in [0.3, 0.4) is 0 Å². The topological polar surface area (TPSA) is 40.5 Å². The largest absolute Gasteiger partial charge is 0.368 e. The van der Waals surface area contributed by atoms with Crippen molar-refractivity contribution in [1.29, 1.82) is 0 Å². The molecule has 0 radical (unpaired) electrons. The molecule has 0 aliphatic heterocycles. The Morgan fingerprint density at radius 1 is 1.07 bits per heavy atom. The smallest absolute Gasteiger partial charge is 0.156 e. The first-order valence-electron chi connectivity index (χ1n) is 6.27. The summed E-state index contributed by atoms with van der Waals surface area (Å²) in [6.45, 7) is 10.7. The van der Waals surface area contributed by atoms with Gasteiger partial charge in [0, 0.05) is 5.41 Å². The van der Waals surface area contributed by atoms with Crippen LogP contribution < -0.4 is 0 Å². The van der Waals surface area contributed by atoms with Crippen LogP contribution in [0.2, 0.25) is 0 Å². The molecule has 0 bridgehead atoms. The Morgan fingerprint density at radius 3 is 1.87 bits per heavy atom. The molecule has 0 amide bonds. The molecule has 3 unspecified atom stereocenters. The second-order valence-electron chi connectivity index (χ2n) is 5.14. The van der Waals surface area contributed by atoms with Crippen molar-refractivity contribution in [1.82, 2.24) is 0 Å². The van der Waals surface area contributed by atoms with E-state index in [9.17, 15) is 10.2 Å². The molecule has 0 aliphatic carbocycles. The van der Waals surface area contributed by atoms with Gasteiger partial charge in [-0.3, -0.25) is 0 Å². The highest BCUT2D eigenvalue weighted by molar-refractivity contribution is 4.80. The first kappa shape index (κ1) is 14.9. The van der Waals surface area contributed by atoms with Crippen LogP contribution in [0.4, 0.5) is 0 Å². The fraction of sp³-hybridized carbons (Fsp3) is 1.00. The molecule has 3 atom stereocenters. The molecular weight excluding hydrogens is 188 g/mol. The third-order valence-corrected chi connectivity index (χ3v) is 4.13. The summed E-state index contributed by atoms with van der Waals surface area (Å²) in [6, 6.07) is 0. The van der Waals surface area contributed by atoms with Crippen LogP contribution in [0, 0.1) is 17.3 Å². The van der Waals surface area contributed by atoms with Gasteiger partial charge in [-0.25, -0.2) is 0 Å². The minimum absolute atomic E-state index is 0.343. The predicted molar refractivity (Wildman–Crippen MR) is 64.5 cm³/mol. The average Bonchev–Trinajstić information content (AvgIpc) is 2.24. The van der Waals surface area contributed by atoms with Crippen molar-refractivity contribution in [3.8, 4) is 0 Å². The Morgan fingerprint density at radius 2 is 1.60 bits per heavy atom. The highest BCUT2D eigenvalue weighted by atomic mass is 16.5. The van der Waals surface area contributed by atoms with Crippen molar-refractivity contribution in [3.05, 3.63) is 0 Å². The van der Waals surface area contributed by atoms with Gasteiger partial charge in [0.05, 0.1) is 0 Å². The third kappa shape index (κ3) is 4.12. The van der Waals surface area contributed by atoms with Gasteiger partial charge < -0.3 is 10.2 Å². The van der Waals surface area contributed by atoms with E-state index in [1.54, 1.807) is 0 Å². The summed E-state index contributed by atoms with van der Waals surface area (Å²) in [5.74, 6) is 1.27. The molecular formula is C13H28O2. The molecule has 15 heavy (non-hydrogen) atoms. The zero-order valence-corrected chi connectivity index (χ0v) is 11.0. The molecule has 0 fully saturated rings. The molecule has 92 valence electrons. The van der Waals surface area contributed by atoms with Crippen molar-refractivity contribution in [2.45, 2.75) is 66.6 Å². The Bertz CT molecular complexity index is 168. The standard InChI is InChI=1S/C13H28O2/c1-6-10(4)11(7-2)9-13(5,8-3)12(14)15/h10-12,14-15H,6-9H2,1-5H3. The van der Waals surface area contributed by atoms with Gasteiger partial charge >= 0.3 is 0 Å². The van der Waals surface area contributed by atoms with Crippen molar-refractivity contribution >= 4 is 0 Å². The quantitative estimate of drug-likeness (QED) is 0.642. The molecule has 0 aromatic heterocycles. The molecule has 0 rings (SSSR count). The van der Waals surface area contributed by atoms with Crippen LogP contribution in [0.5, 0.6) is 0 Å². The van der Waals surface area contributed by atoms with Crippen molar-refractivity contribution in [3.63, 3.8) is 0 Å². The molecule has 2 heteroatoms. The lowest BCUT2D eigenvalue weighted by molar-refractivity contribution is -0.139. The highest BCUT2D eigenvalue weighted by Crippen LogP contribution is 2.37. The first-order chi connectivity index (χ1) is 6.91. The maximum atomic E-state index is 9.43. The van der Waals surface area contributed by atoms with E-state index in [4.69, 9.17) is 0 Å². The van der Waals surface area contributed by atoms with E-state index in [-0.39, 0.29) is 5.41 Å². The van der Waals surface area contributed by atoms with E-state index < -0.39 is 6.29 Å². The molecule has 0 saturated carbocycles. The van der Waals surface area contributed by atoms with E-state index in [0.717, 1.165) is 19.3 Å². The SMILES string of the molecule is CCC(C)C(CC)CC(C)(CC)C(O)O. The second kappa shape index (κ2) is 6.49. The van der Waals surface area contributed by atoms with Gasteiger partial charge in [0.1, 0.15) is 0 Å². The van der Waals surface area contributed by atoms with E-state index in [0.29, 0.717) is 11.8 Å². The Balaban J connectivity index is 4.49. The van der Waals surface area contributed by atoms with E-state index >= 15 is 0 Å². The molecule has 0 aromatic rings. The van der Waals surface area contributed by atoms with Gasteiger partial charge in [-0.05, 0) is 24.7 Å². The lowest BCUT2D eigenvalue weighted by Crippen LogP contribution is -2.34. The number of aliphatic hydroxyl groups is 2. The van der Waals surface area contributed by atoms with Gasteiger partial charge in [-0.1, -0.05) is 47.5 Å². The van der Waals surface area contributed by atoms with Gasteiger partial charge in [0.2, 0.25) is 0 Å². The van der Waals surface area contributed by atoms with Crippen LogP contribution >= 0.6 is 0 Å². The predicted octanol–water partition coefficient (Wildman–Crippen LogP) is 3.18. The second-order valence-corrected chi connectivity index (χ2v) is 5.14. The molecule has 0 spiro atoms. The van der Waals surface area contributed by atoms with Crippen LogP contribution in [0.1, 0.15) is 60.3 Å². The van der Waals surface area contributed by atoms with Crippen molar-refractivity contribution in [2.75, 3.05) is 0 Å². The van der Waals surface area contributed by atoms with Gasteiger partial charge in [-0.2, -0.15) is 0 Å². The normalized spacial score (nSPS) is 20.0. The molecule has 0 aromatic carbocycles. The minimum atomic E-state index is -1.19. The van der Waals surface area contributed by atoms with Crippen LogP contribution in [-0.4, -0.2) is 16.5 Å². The van der Waals surface area contributed by atoms with Gasteiger partial charge in [0.15, 0.2) is 6.29 Å². The number of rotatable bonds is 7. The first-order valence-corrected chi connectivity index (χ1v) is 6.27. The Kier molecular flexibility index (Phi) is 6.46. The van der Waals surface area contributed by atoms with Crippen LogP contribution in [0.25, 0.3) is 0 Å². The molecule has 2 N–H and O–H groups in total. The highest BCUT2D eigenvalue weighted by Gasteiger charge is 2.33. The minimum Gasteiger partial charge on any atom is -0.368 e. The molecule has 0 heterocycles. The van der Waals surface area contributed by atoms with Crippen molar-refractivity contribution < 1.29 is 10.2 Å². The fourth-order valence-electron chi connectivity index (χ4n) is 2.11.